The maximum Gasteiger partial charge on any atom is -0.0122 e. The summed E-state index contributed by atoms with van der Waals surface area (Å²) in [5, 5.41) is 0. The van der Waals surface area contributed by atoms with Gasteiger partial charge in [-0.2, -0.15) is 0 Å². The van der Waals surface area contributed by atoms with Gasteiger partial charge < -0.3 is 0 Å². The van der Waals surface area contributed by atoms with E-state index in [-0.39, 0.29) is 0 Å². The number of rotatable bonds is 4. The van der Waals surface area contributed by atoms with Crippen LogP contribution >= 0.6 is 0 Å². The Kier molecular flexibility index (Phi) is 3.85. The Morgan fingerprint density at radius 2 is 1.64 bits per heavy atom. The molecular weight excluding hydrogens is 132 g/mol. The second-order valence-electron chi connectivity index (χ2n) is 3.95. The summed E-state index contributed by atoms with van der Waals surface area (Å²) >= 11 is 0. The number of hydrogen-bond acceptors (Lipinski definition) is 0. The molecule has 0 aliphatic rings. The Hall–Kier alpha value is -0.260. The summed E-state index contributed by atoms with van der Waals surface area (Å²) in [7, 11) is 0. The average Bonchev–Trinajstić information content (AvgIpc) is 2.01. The van der Waals surface area contributed by atoms with Crippen molar-refractivity contribution in [2.75, 3.05) is 0 Å². The van der Waals surface area contributed by atoms with Gasteiger partial charge in [0.05, 0.1) is 0 Å². The average molecular weight is 154 g/mol. The van der Waals surface area contributed by atoms with Crippen LogP contribution in [0.15, 0.2) is 12.2 Å². The predicted molar refractivity (Wildman–Crippen MR) is 52.7 cm³/mol. The number of allylic oxidation sites excluding steroid dienone is 1. The van der Waals surface area contributed by atoms with E-state index in [0.717, 1.165) is 0 Å². The standard InChI is InChI=1S/C11H22/c1-7-11(6,8-2)10(5)9(3)4/h9H,5,7-8H2,1-4,6H3. The van der Waals surface area contributed by atoms with Crippen LogP contribution in [0.1, 0.15) is 47.5 Å². The van der Waals surface area contributed by atoms with Crippen molar-refractivity contribution in [3.63, 3.8) is 0 Å². The third kappa shape index (κ3) is 2.36. The first kappa shape index (κ1) is 10.7. The molecule has 0 saturated carbocycles. The molecule has 0 fully saturated rings. The minimum atomic E-state index is 0.369. The summed E-state index contributed by atoms with van der Waals surface area (Å²) in [6.45, 7) is 15.4. The van der Waals surface area contributed by atoms with Gasteiger partial charge in [0, 0.05) is 0 Å². The van der Waals surface area contributed by atoms with Gasteiger partial charge in [-0.1, -0.05) is 46.8 Å². The topological polar surface area (TPSA) is 0 Å². The van der Waals surface area contributed by atoms with E-state index < -0.39 is 0 Å². The molecule has 0 aromatic heterocycles. The molecule has 0 heterocycles. The van der Waals surface area contributed by atoms with Crippen molar-refractivity contribution in [3.05, 3.63) is 12.2 Å². The van der Waals surface area contributed by atoms with Crippen molar-refractivity contribution >= 4 is 0 Å². The Labute approximate surface area is 71.7 Å². The van der Waals surface area contributed by atoms with Crippen LogP contribution in [-0.4, -0.2) is 0 Å². The highest BCUT2D eigenvalue weighted by molar-refractivity contribution is 5.10. The van der Waals surface area contributed by atoms with E-state index in [2.05, 4.69) is 41.2 Å². The summed E-state index contributed by atoms with van der Waals surface area (Å²) in [5.74, 6) is 0.625. The molecule has 0 spiro atoms. The minimum absolute atomic E-state index is 0.369. The lowest BCUT2D eigenvalue weighted by molar-refractivity contribution is 0.338. The van der Waals surface area contributed by atoms with Crippen molar-refractivity contribution in [3.8, 4) is 0 Å². The van der Waals surface area contributed by atoms with Gasteiger partial charge in [-0.25, -0.2) is 0 Å². The highest BCUT2D eigenvalue weighted by Crippen LogP contribution is 2.36. The van der Waals surface area contributed by atoms with E-state index in [1.54, 1.807) is 0 Å². The van der Waals surface area contributed by atoms with Crippen LogP contribution in [0.2, 0.25) is 0 Å². The fourth-order valence-electron chi connectivity index (χ4n) is 1.40. The molecule has 0 radical (unpaired) electrons. The molecule has 0 atom stereocenters. The highest BCUT2D eigenvalue weighted by atomic mass is 14.3. The van der Waals surface area contributed by atoms with E-state index in [1.165, 1.54) is 18.4 Å². The third-order valence-corrected chi connectivity index (χ3v) is 3.03. The zero-order chi connectivity index (χ0) is 9.07. The Morgan fingerprint density at radius 1 is 1.27 bits per heavy atom. The first-order valence-electron chi connectivity index (χ1n) is 4.67. The molecule has 0 aromatic rings. The van der Waals surface area contributed by atoms with Gasteiger partial charge in [-0.15, -0.1) is 0 Å². The Balaban J connectivity index is 4.37. The molecule has 66 valence electrons. The third-order valence-electron chi connectivity index (χ3n) is 3.03. The molecule has 0 amide bonds. The summed E-state index contributed by atoms with van der Waals surface area (Å²) < 4.78 is 0. The molecule has 0 aromatic carbocycles. The van der Waals surface area contributed by atoms with Crippen LogP contribution in [-0.2, 0) is 0 Å². The van der Waals surface area contributed by atoms with Gasteiger partial charge in [-0.3, -0.25) is 0 Å². The molecule has 0 bridgehead atoms. The molecule has 0 N–H and O–H groups in total. The van der Waals surface area contributed by atoms with Crippen LogP contribution in [0.25, 0.3) is 0 Å². The minimum Gasteiger partial charge on any atom is -0.0991 e. The molecule has 0 heteroatoms. The van der Waals surface area contributed by atoms with Crippen molar-refractivity contribution < 1.29 is 0 Å². The molecular formula is C11H22. The molecule has 11 heavy (non-hydrogen) atoms. The molecule has 0 unspecified atom stereocenters. The highest BCUT2D eigenvalue weighted by Gasteiger charge is 2.24. The van der Waals surface area contributed by atoms with Crippen LogP contribution < -0.4 is 0 Å². The SMILES string of the molecule is C=C(C(C)C)C(C)(CC)CC. The zero-order valence-corrected chi connectivity index (χ0v) is 8.70. The molecule has 0 aliphatic heterocycles. The zero-order valence-electron chi connectivity index (χ0n) is 8.70. The largest absolute Gasteiger partial charge is 0.0991 e. The van der Waals surface area contributed by atoms with Crippen LogP contribution in [0.5, 0.6) is 0 Å². The first-order chi connectivity index (χ1) is 4.98. The predicted octanol–water partition coefficient (Wildman–Crippen LogP) is 4.02. The second kappa shape index (κ2) is 3.94. The molecule has 0 saturated heterocycles. The van der Waals surface area contributed by atoms with E-state index >= 15 is 0 Å². The summed E-state index contributed by atoms with van der Waals surface area (Å²) in [6, 6.07) is 0. The molecule has 0 aliphatic carbocycles. The molecule has 0 rings (SSSR count). The van der Waals surface area contributed by atoms with Gasteiger partial charge in [0.2, 0.25) is 0 Å². The van der Waals surface area contributed by atoms with E-state index in [9.17, 15) is 0 Å². The first-order valence-corrected chi connectivity index (χ1v) is 4.67. The monoisotopic (exact) mass is 154 g/mol. The van der Waals surface area contributed by atoms with Gasteiger partial charge in [-0.05, 0) is 24.2 Å². The maximum atomic E-state index is 4.17. The summed E-state index contributed by atoms with van der Waals surface area (Å²) in [6.07, 6.45) is 2.42. The van der Waals surface area contributed by atoms with Gasteiger partial charge >= 0.3 is 0 Å². The fourth-order valence-corrected chi connectivity index (χ4v) is 1.40. The smallest absolute Gasteiger partial charge is 0.0122 e. The number of hydrogen-bond donors (Lipinski definition) is 0. The van der Waals surface area contributed by atoms with Crippen molar-refractivity contribution in [2.45, 2.75) is 47.5 Å². The second-order valence-corrected chi connectivity index (χ2v) is 3.95. The normalized spacial score (nSPS) is 12.2. The van der Waals surface area contributed by atoms with Crippen molar-refractivity contribution in [1.82, 2.24) is 0 Å². The van der Waals surface area contributed by atoms with Gasteiger partial charge in [0.15, 0.2) is 0 Å². The lowest BCUT2D eigenvalue weighted by Crippen LogP contribution is -2.19. The lowest BCUT2D eigenvalue weighted by atomic mass is 9.74. The van der Waals surface area contributed by atoms with Crippen molar-refractivity contribution in [2.24, 2.45) is 11.3 Å². The Bertz CT molecular complexity index is 127. The van der Waals surface area contributed by atoms with Gasteiger partial charge in [0.1, 0.15) is 0 Å². The quantitative estimate of drug-likeness (QED) is 0.536. The van der Waals surface area contributed by atoms with Crippen LogP contribution in [0, 0.1) is 11.3 Å². The van der Waals surface area contributed by atoms with Gasteiger partial charge in [0.25, 0.3) is 0 Å². The van der Waals surface area contributed by atoms with E-state index in [1.807, 2.05) is 0 Å². The van der Waals surface area contributed by atoms with Crippen LogP contribution in [0.3, 0.4) is 0 Å². The lowest BCUT2D eigenvalue weighted by Gasteiger charge is -2.31. The summed E-state index contributed by atoms with van der Waals surface area (Å²) in [5.41, 5.74) is 1.77. The Morgan fingerprint density at radius 3 is 1.73 bits per heavy atom. The summed E-state index contributed by atoms with van der Waals surface area (Å²) in [4.78, 5) is 0. The molecule has 0 nitrogen and oxygen atoms in total. The fraction of sp³-hybridized carbons (Fsp3) is 0.818. The van der Waals surface area contributed by atoms with Crippen LogP contribution in [0.4, 0.5) is 0 Å². The van der Waals surface area contributed by atoms with E-state index in [0.29, 0.717) is 11.3 Å². The van der Waals surface area contributed by atoms with Crippen molar-refractivity contribution in [1.29, 1.82) is 0 Å². The maximum absolute atomic E-state index is 4.17. The van der Waals surface area contributed by atoms with E-state index in [4.69, 9.17) is 0 Å².